The first-order valence-electron chi connectivity index (χ1n) is 11.4. The average molecular weight is 813 g/mol. The number of pyridine rings is 1. The van der Waals surface area contributed by atoms with Crippen LogP contribution in [-0.2, 0) is 0 Å². The van der Waals surface area contributed by atoms with Crippen molar-refractivity contribution in [3.8, 4) is 0 Å². The second kappa shape index (κ2) is 53.3. The Morgan fingerprint density at radius 2 is 0.778 bits per heavy atom. The second-order valence-electron chi connectivity index (χ2n) is 6.25. The number of furan rings is 1. The van der Waals surface area contributed by atoms with Crippen molar-refractivity contribution in [2.75, 3.05) is 0 Å². The van der Waals surface area contributed by atoms with Crippen LogP contribution in [0.1, 0.15) is 52.0 Å². The summed E-state index contributed by atoms with van der Waals surface area (Å²) < 4.78 is 9.09. The van der Waals surface area contributed by atoms with Crippen LogP contribution in [0.15, 0.2) is 186 Å². The van der Waals surface area contributed by atoms with Crippen molar-refractivity contribution >= 4 is 46.3 Å². The molecule has 0 bridgehead atoms. The van der Waals surface area contributed by atoms with Crippen molar-refractivity contribution in [1.29, 1.82) is 0 Å². The van der Waals surface area contributed by atoms with Gasteiger partial charge in [-0.25, -0.2) is 0 Å². The molecular formula is C38H59N3OSSeTe. The Kier molecular flexibility index (Phi) is 67.9. The van der Waals surface area contributed by atoms with Gasteiger partial charge in [0.25, 0.3) is 0 Å². The predicted octanol–water partition coefficient (Wildman–Crippen LogP) is 12.2. The van der Waals surface area contributed by atoms with Crippen molar-refractivity contribution in [3.63, 3.8) is 0 Å². The van der Waals surface area contributed by atoms with Crippen LogP contribution in [0, 0.1) is 0 Å². The van der Waals surface area contributed by atoms with Gasteiger partial charge in [0.05, 0.1) is 12.5 Å². The van der Waals surface area contributed by atoms with Crippen LogP contribution in [0.5, 0.6) is 0 Å². The Balaban J connectivity index is -0.0000000731. The minimum atomic E-state index is 0. The average Bonchev–Trinajstić information content (AvgIpc) is 3.88. The number of thiophene rings is 1. The second-order valence-corrected chi connectivity index (χ2v) is 11.1. The Labute approximate surface area is 297 Å². The van der Waals surface area contributed by atoms with E-state index in [4.69, 9.17) is 0 Å². The Hall–Kier alpha value is -3.30. The fraction of sp³-hybridized carbons (Fsp3) is 0.184. The van der Waals surface area contributed by atoms with E-state index in [0.717, 1.165) is 0 Å². The maximum absolute atomic E-state index is 4.58. The molecule has 7 heteroatoms. The van der Waals surface area contributed by atoms with Crippen LogP contribution in [0.3, 0.4) is 0 Å². The first-order chi connectivity index (χ1) is 19.0. The molecule has 0 aliphatic heterocycles. The van der Waals surface area contributed by atoms with Gasteiger partial charge in [-0.2, -0.15) is 11.3 Å². The SMILES string of the molecule is C.C.C.C.C.C.C.c1cc[se]c1.c1cc[te]c1.c1ccccc1.c1ccncc1.c1ccoc1.c1ccsc1.c1cnccn1. The molecular weight excluding hydrogens is 753 g/mol. The van der Waals surface area contributed by atoms with Crippen LogP contribution in [-0.4, -0.2) is 49.9 Å². The number of aromatic nitrogens is 3. The van der Waals surface area contributed by atoms with Crippen molar-refractivity contribution in [2.45, 2.75) is 52.0 Å². The first kappa shape index (κ1) is 57.4. The maximum atomic E-state index is 4.58. The van der Waals surface area contributed by atoms with Crippen LogP contribution in [0.4, 0.5) is 0 Å². The Bertz CT molecular complexity index is 864. The molecule has 0 saturated carbocycles. The molecule has 0 aliphatic rings. The molecule has 45 heavy (non-hydrogen) atoms. The molecule has 0 atom stereocenters. The zero-order valence-corrected chi connectivity index (χ0v) is 25.7. The molecule has 250 valence electrons. The molecule has 0 N–H and O–H groups in total. The predicted molar refractivity (Wildman–Crippen MR) is 210 cm³/mol. The zero-order valence-electron chi connectivity index (χ0n) is 20.9. The summed E-state index contributed by atoms with van der Waals surface area (Å²) in [4.78, 5) is 15.6. The molecule has 0 saturated heterocycles. The topological polar surface area (TPSA) is 51.8 Å². The Morgan fingerprint density at radius 1 is 0.400 bits per heavy atom. The van der Waals surface area contributed by atoms with Crippen molar-refractivity contribution in [3.05, 3.63) is 182 Å². The quantitative estimate of drug-likeness (QED) is 0.143. The van der Waals surface area contributed by atoms with Crippen LogP contribution < -0.4 is 0 Å². The van der Waals surface area contributed by atoms with E-state index in [1.54, 1.807) is 61.0 Å². The summed E-state index contributed by atoms with van der Waals surface area (Å²) in [7, 11) is 0. The van der Waals surface area contributed by atoms with Crippen LogP contribution >= 0.6 is 11.3 Å². The molecule has 0 spiro atoms. The third-order valence-corrected chi connectivity index (χ3v) is 7.15. The fourth-order valence-corrected chi connectivity index (χ4v) is 4.56. The summed E-state index contributed by atoms with van der Waals surface area (Å²) in [6.45, 7) is 0. The van der Waals surface area contributed by atoms with Gasteiger partial charge in [0.2, 0.25) is 0 Å². The fourth-order valence-electron chi connectivity index (χ4n) is 1.86. The molecule has 0 unspecified atom stereocenters. The van der Waals surface area contributed by atoms with Gasteiger partial charge in [0.1, 0.15) is 0 Å². The molecule has 7 rings (SSSR count). The van der Waals surface area contributed by atoms with Crippen molar-refractivity contribution < 1.29 is 4.42 Å². The largest absolute Gasteiger partial charge is 0.473 e. The van der Waals surface area contributed by atoms with E-state index in [2.05, 4.69) is 61.7 Å². The van der Waals surface area contributed by atoms with Gasteiger partial charge >= 0.3 is 77.2 Å². The summed E-state index contributed by atoms with van der Waals surface area (Å²) in [5.41, 5.74) is 0. The molecule has 0 radical (unpaired) electrons. The zero-order chi connectivity index (χ0) is 26.9. The minimum absolute atomic E-state index is 0. The van der Waals surface area contributed by atoms with Crippen LogP contribution in [0.2, 0.25) is 0 Å². The van der Waals surface area contributed by atoms with Gasteiger partial charge < -0.3 is 4.42 Å². The van der Waals surface area contributed by atoms with Crippen molar-refractivity contribution in [2.24, 2.45) is 0 Å². The molecule has 1 aromatic carbocycles. The number of hydrogen-bond donors (Lipinski definition) is 0. The monoisotopic (exact) mass is 815 g/mol. The summed E-state index contributed by atoms with van der Waals surface area (Å²) in [6.07, 6.45) is 13.3. The molecule has 4 nitrogen and oxygen atoms in total. The summed E-state index contributed by atoms with van der Waals surface area (Å²) in [5, 5.41) is 4.08. The smallest absolute Gasteiger partial charge is 0.0902 e. The normalized spacial score (nSPS) is 6.76. The summed E-state index contributed by atoms with van der Waals surface area (Å²) in [5.74, 6) is 0. The Morgan fingerprint density at radius 3 is 0.933 bits per heavy atom. The number of nitrogens with zero attached hydrogens (tertiary/aromatic N) is 3. The van der Waals surface area contributed by atoms with Crippen molar-refractivity contribution in [1.82, 2.24) is 15.0 Å². The molecule has 0 aliphatic carbocycles. The van der Waals surface area contributed by atoms with E-state index in [9.17, 15) is 0 Å². The molecule has 6 aromatic heterocycles. The van der Waals surface area contributed by atoms with Crippen LogP contribution in [0.25, 0.3) is 0 Å². The van der Waals surface area contributed by atoms with Gasteiger partial charge in [-0.3, -0.25) is 15.0 Å². The summed E-state index contributed by atoms with van der Waals surface area (Å²) >= 11 is 2.66. The number of rotatable bonds is 0. The van der Waals surface area contributed by atoms with E-state index in [1.807, 2.05) is 89.6 Å². The molecule has 6 heterocycles. The molecule has 7 aromatic rings. The van der Waals surface area contributed by atoms with Gasteiger partial charge in [0, 0.05) is 37.2 Å². The van der Waals surface area contributed by atoms with E-state index >= 15 is 0 Å². The minimum Gasteiger partial charge on any atom is -0.473 e. The molecule has 0 fully saturated rings. The first-order valence-corrected chi connectivity index (χ1v) is 17.0. The third kappa shape index (κ3) is 50.6. The van der Waals surface area contributed by atoms with Gasteiger partial charge in [-0.15, -0.1) is 0 Å². The number of benzene rings is 1. The maximum Gasteiger partial charge on any atom is 0.0902 e. The standard InChI is InChI=1S/C6H6.C5H5N.C4H4N2.C4H4O.C4H4S.C4H4Se.C4H4Te.7CH4/c2*1-2-4-6-5-3-1;1-2-6-4-3-5-1;4*1-2-4-5-3-1;;;;;;;/h1-6H;1-5H;1-4H;4*1-4H;7*1H4. The van der Waals surface area contributed by atoms with Gasteiger partial charge in [0.15, 0.2) is 0 Å². The van der Waals surface area contributed by atoms with E-state index < -0.39 is 0 Å². The third-order valence-electron chi connectivity index (χ3n) is 3.41. The van der Waals surface area contributed by atoms with E-state index in [0.29, 0.717) is 14.5 Å². The van der Waals surface area contributed by atoms with Gasteiger partial charge in [-0.05, 0) is 35.0 Å². The number of hydrogen-bond acceptors (Lipinski definition) is 5. The van der Waals surface area contributed by atoms with E-state index in [-0.39, 0.29) is 72.4 Å². The molecule has 0 amide bonds. The van der Waals surface area contributed by atoms with Gasteiger partial charge in [-0.1, -0.05) is 107 Å². The van der Waals surface area contributed by atoms with E-state index in [1.165, 1.54) is 0 Å². The summed E-state index contributed by atoms with van der Waals surface area (Å²) in [6, 6.07) is 33.8.